The van der Waals surface area contributed by atoms with Gasteiger partial charge < -0.3 is 9.84 Å². The van der Waals surface area contributed by atoms with Crippen molar-refractivity contribution in [3.63, 3.8) is 0 Å². The molecule has 0 aliphatic carbocycles. The molecule has 1 atom stereocenters. The number of nitrogens with one attached hydrogen (secondary N) is 1. The topological polar surface area (TPSA) is 54.2 Å². The molecule has 114 valence electrons. The summed E-state index contributed by atoms with van der Waals surface area (Å²) in [4.78, 5) is 7.99. The molecule has 1 aromatic carbocycles. The Kier molecular flexibility index (Phi) is 6.05. The van der Waals surface area contributed by atoms with Crippen LogP contribution in [0.3, 0.4) is 0 Å². The van der Waals surface area contributed by atoms with Gasteiger partial charge in [0.25, 0.3) is 0 Å². The van der Waals surface area contributed by atoms with Crippen molar-refractivity contribution in [2.75, 3.05) is 26.7 Å². The van der Waals surface area contributed by atoms with E-state index in [9.17, 15) is 0 Å². The first kappa shape index (κ1) is 16.3. The molecule has 7 heteroatoms. The Morgan fingerprint density at radius 2 is 2.19 bits per heavy atom. The number of benzene rings is 1. The van der Waals surface area contributed by atoms with Crippen molar-refractivity contribution in [3.05, 3.63) is 42.0 Å². The van der Waals surface area contributed by atoms with Crippen LogP contribution in [0, 0.1) is 0 Å². The van der Waals surface area contributed by atoms with Crippen LogP contribution in [0.2, 0.25) is 0 Å². The number of thioether (sulfide) groups is 1. The third-order valence-corrected chi connectivity index (χ3v) is 4.40. The Morgan fingerprint density at radius 3 is 2.95 bits per heavy atom. The van der Waals surface area contributed by atoms with Gasteiger partial charge in [-0.2, -0.15) is 4.98 Å². The maximum absolute atomic E-state index is 5.35. The molecule has 0 bridgehead atoms. The van der Waals surface area contributed by atoms with Crippen molar-refractivity contribution in [2.24, 2.45) is 0 Å². The predicted molar refractivity (Wildman–Crippen MR) is 85.8 cm³/mol. The molecule has 0 radical (unpaired) electrons. The van der Waals surface area contributed by atoms with Gasteiger partial charge in [-0.3, -0.25) is 4.90 Å². The molecule has 3 rings (SSSR count). The van der Waals surface area contributed by atoms with Crippen molar-refractivity contribution >= 4 is 24.2 Å². The van der Waals surface area contributed by atoms with Gasteiger partial charge in [-0.05, 0) is 19.2 Å². The van der Waals surface area contributed by atoms with Crippen LogP contribution in [0.1, 0.15) is 17.8 Å². The van der Waals surface area contributed by atoms with E-state index in [1.165, 1.54) is 4.90 Å². The van der Waals surface area contributed by atoms with Gasteiger partial charge in [-0.15, -0.1) is 24.2 Å². The summed E-state index contributed by atoms with van der Waals surface area (Å²) in [6, 6.07) is 10.5. The first-order valence-corrected chi connectivity index (χ1v) is 7.73. The Labute approximate surface area is 134 Å². The van der Waals surface area contributed by atoms with Crippen LogP contribution in [0.25, 0.3) is 0 Å². The summed E-state index contributed by atoms with van der Waals surface area (Å²) in [5, 5.41) is 7.48. The molecule has 0 amide bonds. The molecular formula is C14H19ClN4OS. The summed E-state index contributed by atoms with van der Waals surface area (Å²) < 4.78 is 5.35. The van der Waals surface area contributed by atoms with E-state index in [1.807, 2.05) is 18.2 Å². The van der Waals surface area contributed by atoms with Crippen LogP contribution in [-0.2, 0) is 5.75 Å². The number of halogens is 1. The zero-order valence-electron chi connectivity index (χ0n) is 11.9. The van der Waals surface area contributed by atoms with E-state index in [2.05, 4.69) is 39.5 Å². The molecule has 1 aliphatic heterocycles. The second-order valence-electron chi connectivity index (χ2n) is 4.85. The average Bonchev–Trinajstić information content (AvgIpc) is 2.95. The molecule has 1 aromatic heterocycles. The molecule has 1 aliphatic rings. The van der Waals surface area contributed by atoms with Crippen LogP contribution >= 0.6 is 24.2 Å². The number of hydrogen-bond acceptors (Lipinski definition) is 6. The Morgan fingerprint density at radius 1 is 1.38 bits per heavy atom. The molecule has 0 saturated carbocycles. The largest absolute Gasteiger partial charge is 0.338 e. The fraction of sp³-hybridized carbons (Fsp3) is 0.429. The number of aromatic nitrogens is 2. The fourth-order valence-corrected chi connectivity index (χ4v) is 2.98. The summed E-state index contributed by atoms with van der Waals surface area (Å²) in [6.07, 6.45) is 0. The third kappa shape index (κ3) is 4.20. The highest BCUT2D eigenvalue weighted by Gasteiger charge is 2.25. The highest BCUT2D eigenvalue weighted by atomic mass is 35.5. The second kappa shape index (κ2) is 7.79. The first-order valence-electron chi connectivity index (χ1n) is 6.74. The molecule has 1 saturated heterocycles. The molecular weight excluding hydrogens is 308 g/mol. The lowest BCUT2D eigenvalue weighted by Gasteiger charge is -2.30. The van der Waals surface area contributed by atoms with Gasteiger partial charge in [0.2, 0.25) is 5.89 Å². The third-order valence-electron chi connectivity index (χ3n) is 3.40. The quantitative estimate of drug-likeness (QED) is 0.871. The van der Waals surface area contributed by atoms with Gasteiger partial charge in [-0.1, -0.05) is 23.4 Å². The standard InChI is InChI=1S/C14H18N4OS.ClH/c1-18-8-7-15-9-12(18)14-16-13(19-17-14)10-20-11-5-3-2-4-6-11;/h2-6,12,15H,7-10H2,1H3;1H. The smallest absolute Gasteiger partial charge is 0.237 e. The minimum absolute atomic E-state index is 0. The Bertz CT molecular complexity index is 551. The fourth-order valence-electron chi connectivity index (χ4n) is 2.22. The summed E-state index contributed by atoms with van der Waals surface area (Å²) in [6.45, 7) is 2.90. The van der Waals surface area contributed by atoms with Crippen LogP contribution in [0.15, 0.2) is 39.8 Å². The first-order chi connectivity index (χ1) is 9.83. The number of hydrogen-bond donors (Lipinski definition) is 1. The maximum atomic E-state index is 5.35. The number of nitrogens with zero attached hydrogens (tertiary/aromatic N) is 3. The van der Waals surface area contributed by atoms with E-state index in [0.717, 1.165) is 25.5 Å². The van der Waals surface area contributed by atoms with Gasteiger partial charge in [0.05, 0.1) is 11.8 Å². The molecule has 1 fully saturated rings. The predicted octanol–water partition coefficient (Wildman–Crippen LogP) is 2.36. The summed E-state index contributed by atoms with van der Waals surface area (Å²) >= 11 is 1.71. The van der Waals surface area contributed by atoms with Gasteiger partial charge >= 0.3 is 0 Å². The van der Waals surface area contributed by atoms with E-state index in [4.69, 9.17) is 4.52 Å². The number of rotatable bonds is 4. The van der Waals surface area contributed by atoms with E-state index in [1.54, 1.807) is 11.8 Å². The zero-order valence-corrected chi connectivity index (χ0v) is 13.5. The Hall–Kier alpha value is -1.08. The lowest BCUT2D eigenvalue weighted by Crippen LogP contribution is -2.44. The van der Waals surface area contributed by atoms with Gasteiger partial charge in [0.1, 0.15) is 0 Å². The normalized spacial score (nSPS) is 19.2. The van der Waals surface area contributed by atoms with E-state index >= 15 is 0 Å². The molecule has 1 unspecified atom stereocenters. The van der Waals surface area contributed by atoms with E-state index in [-0.39, 0.29) is 18.4 Å². The molecule has 1 N–H and O–H groups in total. The molecule has 21 heavy (non-hydrogen) atoms. The minimum atomic E-state index is 0. The summed E-state index contributed by atoms with van der Waals surface area (Å²) in [5.41, 5.74) is 0. The zero-order chi connectivity index (χ0) is 13.8. The van der Waals surface area contributed by atoms with E-state index in [0.29, 0.717) is 11.6 Å². The average molecular weight is 327 g/mol. The van der Waals surface area contributed by atoms with Crippen LogP contribution in [-0.4, -0.2) is 41.7 Å². The highest BCUT2D eigenvalue weighted by Crippen LogP contribution is 2.23. The monoisotopic (exact) mass is 326 g/mol. The summed E-state index contributed by atoms with van der Waals surface area (Å²) in [5.74, 6) is 2.18. The van der Waals surface area contributed by atoms with Crippen molar-refractivity contribution < 1.29 is 4.52 Å². The second-order valence-corrected chi connectivity index (χ2v) is 5.90. The highest BCUT2D eigenvalue weighted by molar-refractivity contribution is 7.98. The molecule has 2 aromatic rings. The van der Waals surface area contributed by atoms with Crippen LogP contribution in [0.5, 0.6) is 0 Å². The molecule has 2 heterocycles. The lowest BCUT2D eigenvalue weighted by atomic mass is 10.2. The Balaban J connectivity index is 0.00000161. The van der Waals surface area contributed by atoms with Gasteiger partial charge in [-0.25, -0.2) is 0 Å². The lowest BCUT2D eigenvalue weighted by molar-refractivity contribution is 0.190. The summed E-state index contributed by atoms with van der Waals surface area (Å²) in [7, 11) is 2.10. The van der Waals surface area contributed by atoms with Crippen LogP contribution in [0.4, 0.5) is 0 Å². The van der Waals surface area contributed by atoms with Crippen LogP contribution < -0.4 is 5.32 Å². The van der Waals surface area contributed by atoms with Crippen molar-refractivity contribution in [3.8, 4) is 0 Å². The van der Waals surface area contributed by atoms with Crippen molar-refractivity contribution in [1.82, 2.24) is 20.4 Å². The van der Waals surface area contributed by atoms with E-state index < -0.39 is 0 Å². The minimum Gasteiger partial charge on any atom is -0.338 e. The van der Waals surface area contributed by atoms with Gasteiger partial charge in [0, 0.05) is 24.5 Å². The number of likely N-dealkylation sites (N-methyl/N-ethyl adjacent to an activating group) is 1. The van der Waals surface area contributed by atoms with Crippen molar-refractivity contribution in [1.29, 1.82) is 0 Å². The van der Waals surface area contributed by atoms with Crippen molar-refractivity contribution in [2.45, 2.75) is 16.7 Å². The maximum Gasteiger partial charge on any atom is 0.237 e. The van der Waals surface area contributed by atoms with Gasteiger partial charge in [0.15, 0.2) is 5.82 Å². The SMILES string of the molecule is CN1CCNCC1c1noc(CSc2ccccc2)n1.Cl. The molecule has 5 nitrogen and oxygen atoms in total. The molecule has 0 spiro atoms. The number of piperazine rings is 1.